The second-order valence-corrected chi connectivity index (χ2v) is 6.80. The Morgan fingerprint density at radius 2 is 1.96 bits per heavy atom. The lowest BCUT2D eigenvalue weighted by atomic mass is 10.0. The number of hydrogen-bond acceptors (Lipinski definition) is 5. The molecule has 4 rings (SSSR count). The number of nitrogens with zero attached hydrogens (tertiary/aromatic N) is 2. The van der Waals surface area contributed by atoms with Crippen molar-refractivity contribution in [2.75, 3.05) is 26.3 Å². The van der Waals surface area contributed by atoms with E-state index in [1.165, 1.54) is 0 Å². The highest BCUT2D eigenvalue weighted by molar-refractivity contribution is 6.04. The van der Waals surface area contributed by atoms with Crippen molar-refractivity contribution < 1.29 is 19.1 Å². The van der Waals surface area contributed by atoms with Gasteiger partial charge < -0.3 is 20.1 Å². The molecule has 3 heterocycles. The number of H-pyrrole nitrogens is 1. The number of carbonyl (C=O) groups is 2. The molecule has 2 aliphatic rings. The van der Waals surface area contributed by atoms with Crippen molar-refractivity contribution in [3.05, 3.63) is 29.5 Å². The SMILES string of the molecule is NC(=O)c1n[nH]c2ccc(CCC(=O)N3CCC4(CC3)OCCO4)cc12. The Morgan fingerprint density at radius 1 is 1.23 bits per heavy atom. The van der Waals surface area contributed by atoms with E-state index in [1.54, 1.807) is 0 Å². The molecule has 2 amide bonds. The van der Waals surface area contributed by atoms with Crippen LogP contribution in [-0.4, -0.2) is 59.0 Å². The number of piperidine rings is 1. The maximum Gasteiger partial charge on any atom is 0.269 e. The van der Waals surface area contributed by atoms with Crippen molar-refractivity contribution in [2.45, 2.75) is 31.5 Å². The molecule has 0 aliphatic carbocycles. The third kappa shape index (κ3) is 3.17. The van der Waals surface area contributed by atoms with Crippen LogP contribution >= 0.6 is 0 Å². The zero-order valence-corrected chi connectivity index (χ0v) is 14.5. The number of nitrogens with one attached hydrogen (secondary N) is 1. The Morgan fingerprint density at radius 3 is 2.65 bits per heavy atom. The number of fused-ring (bicyclic) bond motifs is 1. The summed E-state index contributed by atoms with van der Waals surface area (Å²) in [4.78, 5) is 25.8. The van der Waals surface area contributed by atoms with E-state index in [2.05, 4.69) is 10.2 Å². The van der Waals surface area contributed by atoms with E-state index >= 15 is 0 Å². The summed E-state index contributed by atoms with van der Waals surface area (Å²) in [5.41, 5.74) is 7.30. The summed E-state index contributed by atoms with van der Waals surface area (Å²) in [6.45, 7) is 2.59. The molecule has 0 unspecified atom stereocenters. The number of benzene rings is 1. The van der Waals surface area contributed by atoms with Gasteiger partial charge in [0, 0.05) is 37.7 Å². The average molecular weight is 358 g/mol. The number of amides is 2. The van der Waals surface area contributed by atoms with Crippen LogP contribution in [0.15, 0.2) is 18.2 Å². The number of aryl methyl sites for hydroxylation is 1. The van der Waals surface area contributed by atoms with Gasteiger partial charge in [-0.05, 0) is 24.1 Å². The lowest BCUT2D eigenvalue weighted by molar-refractivity contribution is -0.187. The summed E-state index contributed by atoms with van der Waals surface area (Å²) >= 11 is 0. The third-order valence-corrected chi connectivity index (χ3v) is 5.18. The molecule has 0 atom stereocenters. The first-order chi connectivity index (χ1) is 12.6. The summed E-state index contributed by atoms with van der Waals surface area (Å²) in [6, 6.07) is 5.66. The van der Waals surface area contributed by atoms with Crippen LogP contribution in [0.3, 0.4) is 0 Å². The van der Waals surface area contributed by atoms with Gasteiger partial charge in [-0.25, -0.2) is 0 Å². The van der Waals surface area contributed by atoms with Crippen LogP contribution in [-0.2, 0) is 20.7 Å². The predicted molar refractivity (Wildman–Crippen MR) is 93.4 cm³/mol. The van der Waals surface area contributed by atoms with Gasteiger partial charge in [0.2, 0.25) is 5.91 Å². The number of likely N-dealkylation sites (tertiary alicyclic amines) is 1. The summed E-state index contributed by atoms with van der Waals surface area (Å²) in [5.74, 6) is -0.905. The molecule has 2 saturated heterocycles. The van der Waals surface area contributed by atoms with E-state index in [9.17, 15) is 9.59 Å². The number of carbonyl (C=O) groups excluding carboxylic acids is 2. The van der Waals surface area contributed by atoms with Crippen molar-refractivity contribution in [3.63, 3.8) is 0 Å². The zero-order valence-electron chi connectivity index (χ0n) is 14.5. The monoisotopic (exact) mass is 358 g/mol. The molecular formula is C18H22N4O4. The number of aromatic amines is 1. The highest BCUT2D eigenvalue weighted by atomic mass is 16.7. The van der Waals surface area contributed by atoms with Crippen molar-refractivity contribution in [1.29, 1.82) is 0 Å². The Hall–Kier alpha value is -2.45. The first kappa shape index (κ1) is 17.0. The van der Waals surface area contributed by atoms with E-state index in [0.29, 0.717) is 44.5 Å². The average Bonchev–Trinajstić information content (AvgIpc) is 3.27. The Kier molecular flexibility index (Phi) is 4.37. The van der Waals surface area contributed by atoms with Crippen molar-refractivity contribution >= 4 is 22.7 Å². The molecule has 1 aromatic heterocycles. The second kappa shape index (κ2) is 6.69. The molecule has 1 aromatic carbocycles. The normalized spacial score (nSPS) is 19.3. The number of primary amides is 1. The summed E-state index contributed by atoms with van der Waals surface area (Å²) in [6.07, 6.45) is 2.47. The summed E-state index contributed by atoms with van der Waals surface area (Å²) in [7, 11) is 0. The van der Waals surface area contributed by atoms with Crippen LogP contribution in [0, 0.1) is 0 Å². The molecule has 26 heavy (non-hydrogen) atoms. The van der Waals surface area contributed by atoms with E-state index in [1.807, 2.05) is 23.1 Å². The molecule has 8 nitrogen and oxygen atoms in total. The van der Waals surface area contributed by atoms with Gasteiger partial charge in [-0.3, -0.25) is 14.7 Å². The third-order valence-electron chi connectivity index (χ3n) is 5.18. The zero-order chi connectivity index (χ0) is 18.1. The molecule has 3 N–H and O–H groups in total. The number of nitrogens with two attached hydrogens (primary N) is 1. The Labute approximate surface area is 150 Å². The highest BCUT2D eigenvalue weighted by Gasteiger charge is 2.40. The number of rotatable bonds is 4. The molecule has 2 aromatic rings. The van der Waals surface area contributed by atoms with Gasteiger partial charge in [0.25, 0.3) is 5.91 Å². The molecular weight excluding hydrogens is 336 g/mol. The fourth-order valence-corrected chi connectivity index (χ4v) is 3.70. The smallest absolute Gasteiger partial charge is 0.269 e. The van der Waals surface area contributed by atoms with E-state index in [0.717, 1.165) is 23.9 Å². The molecule has 0 bridgehead atoms. The van der Waals surface area contributed by atoms with E-state index < -0.39 is 11.7 Å². The van der Waals surface area contributed by atoms with Crippen LogP contribution in [0.4, 0.5) is 0 Å². The molecule has 138 valence electrons. The number of aromatic nitrogens is 2. The fraction of sp³-hybridized carbons (Fsp3) is 0.500. The first-order valence-electron chi connectivity index (χ1n) is 8.89. The van der Waals surface area contributed by atoms with Gasteiger partial charge in [0.15, 0.2) is 11.5 Å². The summed E-state index contributed by atoms with van der Waals surface area (Å²) in [5, 5.41) is 7.42. The van der Waals surface area contributed by atoms with E-state index in [4.69, 9.17) is 15.2 Å². The van der Waals surface area contributed by atoms with E-state index in [-0.39, 0.29) is 11.6 Å². The molecule has 2 fully saturated rings. The van der Waals surface area contributed by atoms with Crippen LogP contribution in [0.2, 0.25) is 0 Å². The number of hydrogen-bond donors (Lipinski definition) is 2. The minimum Gasteiger partial charge on any atom is -0.364 e. The maximum absolute atomic E-state index is 12.5. The summed E-state index contributed by atoms with van der Waals surface area (Å²) < 4.78 is 11.4. The lowest BCUT2D eigenvalue weighted by Crippen LogP contribution is -2.47. The van der Waals surface area contributed by atoms with Gasteiger partial charge in [-0.15, -0.1) is 0 Å². The molecule has 0 radical (unpaired) electrons. The lowest BCUT2D eigenvalue weighted by Gasteiger charge is -2.37. The topological polar surface area (TPSA) is 111 Å². The minimum absolute atomic E-state index is 0.125. The van der Waals surface area contributed by atoms with Crippen LogP contribution in [0.25, 0.3) is 10.9 Å². The predicted octanol–water partition coefficient (Wildman–Crippen LogP) is 0.960. The second-order valence-electron chi connectivity index (χ2n) is 6.80. The van der Waals surface area contributed by atoms with Gasteiger partial charge >= 0.3 is 0 Å². The molecule has 8 heteroatoms. The van der Waals surface area contributed by atoms with Gasteiger partial charge in [0.05, 0.1) is 18.7 Å². The number of ether oxygens (including phenoxy) is 2. The Balaban J connectivity index is 1.36. The van der Waals surface area contributed by atoms with Gasteiger partial charge in [0.1, 0.15) is 0 Å². The molecule has 2 aliphatic heterocycles. The molecule has 1 spiro atoms. The Bertz CT molecular complexity index is 831. The quantitative estimate of drug-likeness (QED) is 0.846. The minimum atomic E-state index is -0.567. The van der Waals surface area contributed by atoms with Crippen molar-refractivity contribution in [2.24, 2.45) is 5.73 Å². The standard InChI is InChI=1S/C18H22N4O4/c19-17(24)16-13-11-12(1-3-14(13)20-21-16)2-4-15(23)22-7-5-18(6-8-22)25-9-10-26-18/h1,3,11H,2,4-10H2,(H2,19,24)(H,20,21). The van der Waals surface area contributed by atoms with Gasteiger partial charge in [-0.1, -0.05) is 6.07 Å². The van der Waals surface area contributed by atoms with Crippen LogP contribution < -0.4 is 5.73 Å². The van der Waals surface area contributed by atoms with Crippen molar-refractivity contribution in [3.8, 4) is 0 Å². The molecule has 0 saturated carbocycles. The van der Waals surface area contributed by atoms with Gasteiger partial charge in [-0.2, -0.15) is 5.10 Å². The fourth-order valence-electron chi connectivity index (χ4n) is 3.70. The largest absolute Gasteiger partial charge is 0.364 e. The van der Waals surface area contributed by atoms with Crippen LogP contribution in [0.5, 0.6) is 0 Å². The highest BCUT2D eigenvalue weighted by Crippen LogP contribution is 2.31. The van der Waals surface area contributed by atoms with Crippen LogP contribution in [0.1, 0.15) is 35.3 Å². The first-order valence-corrected chi connectivity index (χ1v) is 8.89. The van der Waals surface area contributed by atoms with Crippen molar-refractivity contribution in [1.82, 2.24) is 15.1 Å². The maximum atomic E-state index is 12.5.